The molecule has 0 aromatic rings. The number of halogens is 3. The first-order chi connectivity index (χ1) is 9.24. The number of hydrogen-bond acceptors (Lipinski definition) is 1. The van der Waals surface area contributed by atoms with E-state index in [0.29, 0.717) is 19.5 Å². The Labute approximate surface area is 120 Å². The topological polar surface area (TPSA) is 20.3 Å². The maximum absolute atomic E-state index is 13.3. The van der Waals surface area contributed by atoms with E-state index in [4.69, 9.17) is 0 Å². The van der Waals surface area contributed by atoms with E-state index in [2.05, 4.69) is 6.92 Å². The molecule has 0 spiro atoms. The van der Waals surface area contributed by atoms with Crippen molar-refractivity contribution in [3.8, 4) is 0 Å². The molecule has 120 valence electrons. The Balaban J connectivity index is 4.80. The van der Waals surface area contributed by atoms with Gasteiger partial charge in [-0.3, -0.25) is 4.79 Å². The van der Waals surface area contributed by atoms with E-state index in [1.165, 1.54) is 4.90 Å². The second-order valence-corrected chi connectivity index (χ2v) is 5.47. The van der Waals surface area contributed by atoms with E-state index in [9.17, 15) is 18.0 Å². The minimum absolute atomic E-state index is 0.116. The monoisotopic (exact) mass is 295 g/mol. The van der Waals surface area contributed by atoms with Gasteiger partial charge in [0.2, 0.25) is 5.91 Å². The molecule has 0 fully saturated rings. The van der Waals surface area contributed by atoms with E-state index in [-0.39, 0.29) is 6.42 Å². The Hall–Kier alpha value is -0.740. The predicted octanol–water partition coefficient (Wildman–Crippen LogP) is 4.78. The molecule has 0 aromatic heterocycles. The molecule has 2 nitrogen and oxygen atoms in total. The number of rotatable bonds is 9. The first-order valence-corrected chi connectivity index (χ1v) is 7.60. The van der Waals surface area contributed by atoms with E-state index in [1.807, 2.05) is 0 Å². The minimum Gasteiger partial charge on any atom is -0.342 e. The van der Waals surface area contributed by atoms with Crippen LogP contribution in [0.3, 0.4) is 0 Å². The van der Waals surface area contributed by atoms with Crippen LogP contribution in [-0.4, -0.2) is 30.1 Å². The van der Waals surface area contributed by atoms with Crippen LogP contribution in [0.4, 0.5) is 13.2 Å². The fourth-order valence-electron chi connectivity index (χ4n) is 2.31. The number of carbonyl (C=O) groups is 1. The van der Waals surface area contributed by atoms with Gasteiger partial charge in [-0.1, -0.05) is 39.0 Å². The second kappa shape index (κ2) is 8.53. The Morgan fingerprint density at radius 1 is 0.950 bits per heavy atom. The molecule has 0 aliphatic carbocycles. The lowest BCUT2D eigenvalue weighted by Gasteiger charge is -2.35. The van der Waals surface area contributed by atoms with E-state index in [1.54, 1.807) is 13.8 Å². The molecule has 0 saturated heterocycles. The highest BCUT2D eigenvalue weighted by Crippen LogP contribution is 2.43. The highest BCUT2D eigenvalue weighted by atomic mass is 19.4. The zero-order chi connectivity index (χ0) is 15.8. The van der Waals surface area contributed by atoms with Crippen molar-refractivity contribution >= 4 is 5.91 Å². The molecular weight excluding hydrogens is 267 g/mol. The number of alkyl halides is 3. The Bertz CT molecular complexity index is 287. The van der Waals surface area contributed by atoms with Crippen molar-refractivity contribution in [2.45, 2.75) is 72.4 Å². The van der Waals surface area contributed by atoms with Crippen LogP contribution in [0.25, 0.3) is 0 Å². The first kappa shape index (κ1) is 19.3. The van der Waals surface area contributed by atoms with E-state index < -0.39 is 17.5 Å². The molecule has 0 heterocycles. The van der Waals surface area contributed by atoms with Crippen LogP contribution in [0.1, 0.15) is 66.2 Å². The van der Waals surface area contributed by atoms with Gasteiger partial charge in [0, 0.05) is 13.1 Å². The molecule has 0 radical (unpaired) electrons. The van der Waals surface area contributed by atoms with Crippen molar-refractivity contribution in [1.82, 2.24) is 4.90 Å². The molecule has 0 aliphatic heterocycles. The summed E-state index contributed by atoms with van der Waals surface area (Å²) >= 11 is 0. The first-order valence-electron chi connectivity index (χ1n) is 7.60. The molecule has 0 aliphatic rings. The van der Waals surface area contributed by atoms with Crippen molar-refractivity contribution in [1.29, 1.82) is 0 Å². The van der Waals surface area contributed by atoms with Crippen molar-refractivity contribution in [2.75, 3.05) is 13.1 Å². The van der Waals surface area contributed by atoms with Gasteiger partial charge in [-0.15, -0.1) is 0 Å². The van der Waals surface area contributed by atoms with Crippen LogP contribution in [0, 0.1) is 5.41 Å². The SMILES string of the molecule is CCCCCCCC(C)(C(=O)N(CC)CC)C(F)(F)F. The van der Waals surface area contributed by atoms with Gasteiger partial charge < -0.3 is 4.90 Å². The minimum atomic E-state index is -4.49. The quantitative estimate of drug-likeness (QED) is 0.560. The molecule has 0 rings (SSSR count). The van der Waals surface area contributed by atoms with Crippen molar-refractivity contribution in [2.24, 2.45) is 5.41 Å². The van der Waals surface area contributed by atoms with Crippen molar-refractivity contribution < 1.29 is 18.0 Å². The molecule has 0 saturated carbocycles. The molecule has 20 heavy (non-hydrogen) atoms. The lowest BCUT2D eigenvalue weighted by atomic mass is 9.82. The van der Waals surface area contributed by atoms with Gasteiger partial charge in [-0.05, 0) is 27.2 Å². The summed E-state index contributed by atoms with van der Waals surface area (Å²) in [5, 5.41) is 0. The third-order valence-corrected chi connectivity index (χ3v) is 3.93. The normalized spacial score (nSPS) is 14.9. The maximum Gasteiger partial charge on any atom is 0.402 e. The molecule has 1 atom stereocenters. The molecule has 1 amide bonds. The Morgan fingerprint density at radius 3 is 1.85 bits per heavy atom. The van der Waals surface area contributed by atoms with E-state index >= 15 is 0 Å². The zero-order valence-electron chi connectivity index (χ0n) is 13.1. The van der Waals surface area contributed by atoms with Crippen LogP contribution < -0.4 is 0 Å². The zero-order valence-corrected chi connectivity index (χ0v) is 13.1. The Morgan fingerprint density at radius 2 is 1.45 bits per heavy atom. The number of hydrogen-bond donors (Lipinski definition) is 0. The van der Waals surface area contributed by atoms with Gasteiger partial charge in [0.15, 0.2) is 0 Å². The second-order valence-electron chi connectivity index (χ2n) is 5.47. The number of unbranched alkanes of at least 4 members (excludes halogenated alkanes) is 4. The number of nitrogens with zero attached hydrogens (tertiary/aromatic N) is 1. The third-order valence-electron chi connectivity index (χ3n) is 3.93. The fourth-order valence-corrected chi connectivity index (χ4v) is 2.31. The summed E-state index contributed by atoms with van der Waals surface area (Å²) in [6, 6.07) is 0. The highest BCUT2D eigenvalue weighted by molar-refractivity contribution is 5.83. The van der Waals surface area contributed by atoms with Gasteiger partial charge in [0.25, 0.3) is 0 Å². The van der Waals surface area contributed by atoms with Crippen molar-refractivity contribution in [3.05, 3.63) is 0 Å². The van der Waals surface area contributed by atoms with E-state index in [0.717, 1.165) is 32.6 Å². The molecule has 1 unspecified atom stereocenters. The average molecular weight is 295 g/mol. The van der Waals surface area contributed by atoms with Crippen molar-refractivity contribution in [3.63, 3.8) is 0 Å². The summed E-state index contributed by atoms with van der Waals surface area (Å²) in [5.74, 6) is -0.787. The van der Waals surface area contributed by atoms with Gasteiger partial charge in [-0.2, -0.15) is 13.2 Å². The summed E-state index contributed by atoms with van der Waals surface area (Å²) in [5.41, 5.74) is -2.24. The highest BCUT2D eigenvalue weighted by Gasteiger charge is 2.56. The predicted molar refractivity (Wildman–Crippen MR) is 75.5 cm³/mol. The molecule has 0 aromatic carbocycles. The Kier molecular flexibility index (Phi) is 8.21. The maximum atomic E-state index is 13.3. The third kappa shape index (κ3) is 4.98. The van der Waals surface area contributed by atoms with Gasteiger partial charge in [-0.25, -0.2) is 0 Å². The van der Waals surface area contributed by atoms with Gasteiger partial charge in [0.1, 0.15) is 5.41 Å². The van der Waals surface area contributed by atoms with Crippen LogP contribution in [-0.2, 0) is 4.79 Å². The molecule has 5 heteroatoms. The molecular formula is C15H28F3NO. The van der Waals surface area contributed by atoms with Crippen LogP contribution >= 0.6 is 0 Å². The van der Waals surface area contributed by atoms with Crippen LogP contribution in [0.5, 0.6) is 0 Å². The standard InChI is InChI=1S/C15H28F3NO/c1-5-8-9-10-11-12-14(4,15(16,17)18)13(20)19(6-2)7-3/h5-12H2,1-4H3. The number of carbonyl (C=O) groups excluding carboxylic acids is 1. The summed E-state index contributed by atoms with van der Waals surface area (Å²) < 4.78 is 39.9. The molecule has 0 N–H and O–H groups in total. The van der Waals surface area contributed by atoms with Gasteiger partial charge in [0.05, 0.1) is 0 Å². The summed E-state index contributed by atoms with van der Waals surface area (Å²) in [6.07, 6.45) is -0.382. The smallest absolute Gasteiger partial charge is 0.342 e. The van der Waals surface area contributed by atoms with Gasteiger partial charge >= 0.3 is 6.18 Å². The fraction of sp³-hybridized carbons (Fsp3) is 0.933. The molecule has 0 bridgehead atoms. The van der Waals surface area contributed by atoms with Crippen LogP contribution in [0.2, 0.25) is 0 Å². The van der Waals surface area contributed by atoms with Crippen LogP contribution in [0.15, 0.2) is 0 Å². The number of amides is 1. The summed E-state index contributed by atoms with van der Waals surface area (Å²) in [6.45, 7) is 7.16. The lowest BCUT2D eigenvalue weighted by Crippen LogP contribution is -2.50. The summed E-state index contributed by atoms with van der Waals surface area (Å²) in [4.78, 5) is 13.5. The summed E-state index contributed by atoms with van der Waals surface area (Å²) in [7, 11) is 0. The average Bonchev–Trinajstić information content (AvgIpc) is 2.38. The lowest BCUT2D eigenvalue weighted by molar-refractivity contribution is -0.224. The largest absolute Gasteiger partial charge is 0.402 e.